The van der Waals surface area contributed by atoms with Gasteiger partial charge in [0.15, 0.2) is 0 Å². The first-order valence-corrected chi connectivity index (χ1v) is 15.9. The second kappa shape index (κ2) is 13.5. The third-order valence-electron chi connectivity index (χ3n) is 9.05. The Morgan fingerprint density at radius 1 is 0.977 bits per heavy atom. The highest BCUT2D eigenvalue weighted by atomic mass is 35.5. The number of carbonyl (C=O) groups excluding carboxylic acids is 3. The van der Waals surface area contributed by atoms with E-state index in [0.717, 1.165) is 35.1 Å². The molecule has 230 valence electrons. The van der Waals surface area contributed by atoms with Crippen LogP contribution >= 0.6 is 11.6 Å². The van der Waals surface area contributed by atoms with Crippen molar-refractivity contribution in [2.75, 3.05) is 19.6 Å². The van der Waals surface area contributed by atoms with Crippen molar-refractivity contribution < 1.29 is 18.8 Å². The van der Waals surface area contributed by atoms with Crippen LogP contribution in [-0.2, 0) is 40.2 Å². The third kappa shape index (κ3) is 7.30. The van der Waals surface area contributed by atoms with Crippen molar-refractivity contribution in [2.24, 2.45) is 5.92 Å². The molecule has 3 unspecified atom stereocenters. The molecule has 3 aliphatic rings. The number of carbonyl (C=O) groups is 3. The second-order valence-electron chi connectivity index (χ2n) is 12.2. The molecule has 44 heavy (non-hydrogen) atoms. The average Bonchev–Trinajstić information content (AvgIpc) is 3.86. The molecule has 3 amide bonds. The average molecular weight is 617 g/mol. The zero-order valence-corrected chi connectivity index (χ0v) is 25.4. The largest absolute Gasteiger partial charge is 0.343 e. The smallest absolute Gasteiger partial charge is 0.246 e. The van der Waals surface area contributed by atoms with Crippen molar-refractivity contribution >= 4 is 29.3 Å². The summed E-state index contributed by atoms with van der Waals surface area (Å²) in [7, 11) is 0. The predicted molar refractivity (Wildman–Crippen MR) is 167 cm³/mol. The summed E-state index contributed by atoms with van der Waals surface area (Å²) in [5, 5.41) is 6.99. The maximum Gasteiger partial charge on any atom is 0.246 e. The number of halogens is 2. The third-order valence-corrected chi connectivity index (χ3v) is 9.28. The van der Waals surface area contributed by atoms with Crippen molar-refractivity contribution in [2.45, 2.75) is 63.2 Å². The number of hydrogen-bond donors (Lipinski definition) is 2. The van der Waals surface area contributed by atoms with Crippen LogP contribution in [0.1, 0.15) is 41.5 Å². The van der Waals surface area contributed by atoms with E-state index in [2.05, 4.69) is 10.6 Å². The normalized spacial score (nSPS) is 20.6. The van der Waals surface area contributed by atoms with E-state index in [9.17, 15) is 18.8 Å². The minimum Gasteiger partial charge on any atom is -0.343 e. The van der Waals surface area contributed by atoms with Crippen LogP contribution in [0.4, 0.5) is 4.39 Å². The summed E-state index contributed by atoms with van der Waals surface area (Å²) in [6.07, 6.45) is 4.13. The Kier molecular flexibility index (Phi) is 9.28. The Balaban J connectivity index is 1.19. The van der Waals surface area contributed by atoms with Crippen LogP contribution in [0.25, 0.3) is 0 Å². The number of fused-ring (bicyclic) bond motifs is 1. The lowest BCUT2D eigenvalue weighted by Gasteiger charge is -2.42. The van der Waals surface area contributed by atoms with E-state index in [1.807, 2.05) is 53.4 Å². The summed E-state index contributed by atoms with van der Waals surface area (Å²) in [6.45, 7) is 1.93. The van der Waals surface area contributed by atoms with E-state index in [0.29, 0.717) is 56.4 Å². The molecule has 9 heteroatoms. The van der Waals surface area contributed by atoms with E-state index in [1.54, 1.807) is 17.0 Å². The van der Waals surface area contributed by atoms with Gasteiger partial charge in [0.2, 0.25) is 17.7 Å². The monoisotopic (exact) mass is 616 g/mol. The number of nitrogens with one attached hydrogen (secondary N) is 2. The lowest BCUT2D eigenvalue weighted by Crippen LogP contribution is -2.63. The summed E-state index contributed by atoms with van der Waals surface area (Å²) in [5.41, 5.74) is 4.06. The lowest BCUT2D eigenvalue weighted by atomic mass is 9.95. The molecule has 2 heterocycles. The molecule has 3 aromatic rings. The first kappa shape index (κ1) is 30.3. The maximum atomic E-state index is 14.3. The first-order chi connectivity index (χ1) is 21.3. The molecular formula is C35H38ClFN4O3. The van der Waals surface area contributed by atoms with Crippen LogP contribution in [0.2, 0.25) is 5.02 Å². The summed E-state index contributed by atoms with van der Waals surface area (Å²) in [4.78, 5) is 45.3. The van der Waals surface area contributed by atoms with Crippen LogP contribution in [0.15, 0.2) is 72.8 Å². The molecule has 0 radical (unpaired) electrons. The molecule has 2 N–H and O–H groups in total. The molecule has 2 aliphatic heterocycles. The van der Waals surface area contributed by atoms with Gasteiger partial charge >= 0.3 is 0 Å². The van der Waals surface area contributed by atoms with Crippen LogP contribution in [0, 0.1) is 11.7 Å². The zero-order valence-electron chi connectivity index (χ0n) is 24.7. The highest BCUT2D eigenvalue weighted by Crippen LogP contribution is 2.36. The standard InChI is InChI=1S/C35H38ClFN4O3/c36-28-7-3-4-23(18-28)14-15-40-16-17-41(32(35(40)44)20-25-8-9-25)34(43)31(19-24-10-12-29(37)13-11-24)39-33(42)30-21-26-5-1-2-6-27(26)22-38-30/h1-7,10-13,18,25,30-32,38H,8-9,14-17,19-22H2,(H,39,42). The molecule has 0 bridgehead atoms. The highest BCUT2D eigenvalue weighted by molar-refractivity contribution is 6.30. The number of piperazine rings is 1. The topological polar surface area (TPSA) is 81.8 Å². The van der Waals surface area contributed by atoms with Gasteiger partial charge in [-0.25, -0.2) is 4.39 Å². The van der Waals surface area contributed by atoms with Crippen LogP contribution < -0.4 is 10.6 Å². The Morgan fingerprint density at radius 3 is 2.50 bits per heavy atom. The number of hydrogen-bond acceptors (Lipinski definition) is 4. The molecule has 1 saturated heterocycles. The maximum absolute atomic E-state index is 14.3. The number of amides is 3. The van der Waals surface area contributed by atoms with Crippen LogP contribution in [0.3, 0.4) is 0 Å². The van der Waals surface area contributed by atoms with Crippen LogP contribution in [0.5, 0.6) is 0 Å². The molecular weight excluding hydrogens is 579 g/mol. The minimum absolute atomic E-state index is 0.0454. The van der Waals surface area contributed by atoms with Gasteiger partial charge in [0.1, 0.15) is 17.9 Å². The van der Waals surface area contributed by atoms with Gasteiger partial charge in [0.25, 0.3) is 0 Å². The zero-order chi connectivity index (χ0) is 30.6. The van der Waals surface area contributed by atoms with Crippen LogP contribution in [-0.4, -0.2) is 65.3 Å². The molecule has 2 fully saturated rings. The summed E-state index contributed by atoms with van der Waals surface area (Å²) in [5.74, 6) is -0.521. The van der Waals surface area contributed by atoms with Gasteiger partial charge in [0.05, 0.1) is 6.04 Å². The fourth-order valence-corrected chi connectivity index (χ4v) is 6.56. The lowest BCUT2D eigenvalue weighted by molar-refractivity contribution is -0.153. The summed E-state index contributed by atoms with van der Waals surface area (Å²) in [6, 6.07) is 19.7. The predicted octanol–water partition coefficient (Wildman–Crippen LogP) is 4.30. The van der Waals surface area contributed by atoms with Gasteiger partial charge in [-0.2, -0.15) is 0 Å². The molecule has 6 rings (SSSR count). The Morgan fingerprint density at radius 2 is 1.75 bits per heavy atom. The van der Waals surface area contributed by atoms with Gasteiger partial charge in [0, 0.05) is 37.6 Å². The fourth-order valence-electron chi connectivity index (χ4n) is 6.35. The van der Waals surface area contributed by atoms with Crippen molar-refractivity contribution in [1.29, 1.82) is 0 Å². The second-order valence-corrected chi connectivity index (χ2v) is 12.7. The first-order valence-electron chi connectivity index (χ1n) is 15.5. The Bertz CT molecular complexity index is 1510. The van der Waals surface area contributed by atoms with Crippen molar-refractivity contribution in [1.82, 2.24) is 20.4 Å². The molecule has 1 aliphatic carbocycles. The van der Waals surface area contributed by atoms with E-state index >= 15 is 0 Å². The van der Waals surface area contributed by atoms with Crippen molar-refractivity contribution in [3.63, 3.8) is 0 Å². The molecule has 0 spiro atoms. The van der Waals surface area contributed by atoms with Gasteiger partial charge in [-0.05, 0) is 71.7 Å². The number of rotatable bonds is 10. The van der Waals surface area contributed by atoms with Gasteiger partial charge in [-0.15, -0.1) is 0 Å². The number of benzene rings is 3. The van der Waals surface area contributed by atoms with Gasteiger partial charge < -0.3 is 20.4 Å². The highest BCUT2D eigenvalue weighted by Gasteiger charge is 2.43. The summed E-state index contributed by atoms with van der Waals surface area (Å²) < 4.78 is 13.7. The fraction of sp³-hybridized carbons (Fsp3) is 0.400. The Labute approximate surface area is 262 Å². The van der Waals surface area contributed by atoms with E-state index in [-0.39, 0.29) is 30.0 Å². The van der Waals surface area contributed by atoms with Gasteiger partial charge in [-0.1, -0.05) is 73.0 Å². The molecule has 3 atom stereocenters. The van der Waals surface area contributed by atoms with Crippen molar-refractivity contribution in [3.8, 4) is 0 Å². The van der Waals surface area contributed by atoms with E-state index in [1.165, 1.54) is 12.1 Å². The molecule has 0 aromatic heterocycles. The Hall–Kier alpha value is -3.75. The quantitative estimate of drug-likeness (QED) is 0.356. The summed E-state index contributed by atoms with van der Waals surface area (Å²) >= 11 is 6.16. The minimum atomic E-state index is -0.889. The SMILES string of the molecule is O=C(NC(Cc1ccc(F)cc1)C(=O)N1CCN(CCc2cccc(Cl)c2)C(=O)C1CC1CC1)C1Cc2ccccc2CN1. The number of nitrogens with zero attached hydrogens (tertiary/aromatic N) is 2. The van der Waals surface area contributed by atoms with Gasteiger partial charge in [-0.3, -0.25) is 14.4 Å². The van der Waals surface area contributed by atoms with E-state index < -0.39 is 18.1 Å². The molecule has 3 aromatic carbocycles. The van der Waals surface area contributed by atoms with E-state index in [4.69, 9.17) is 11.6 Å². The van der Waals surface area contributed by atoms with Crippen molar-refractivity contribution in [3.05, 3.63) is 106 Å². The molecule has 7 nitrogen and oxygen atoms in total. The molecule has 1 saturated carbocycles.